The van der Waals surface area contributed by atoms with E-state index < -0.39 is 17.9 Å². The molecule has 0 spiro atoms. The summed E-state index contributed by atoms with van der Waals surface area (Å²) in [7, 11) is 0. The van der Waals surface area contributed by atoms with E-state index in [0.29, 0.717) is 0 Å². The van der Waals surface area contributed by atoms with Crippen LogP contribution < -0.4 is 15.3 Å². The third-order valence-electron chi connectivity index (χ3n) is 5.95. The van der Waals surface area contributed by atoms with E-state index in [4.69, 9.17) is 0 Å². The molecule has 0 aromatic rings. The molecule has 6 unspecified atom stereocenters. The predicted octanol–water partition coefficient (Wildman–Crippen LogP) is 1.69. The van der Waals surface area contributed by atoms with Crippen LogP contribution in [0.4, 0.5) is 0 Å². The third-order valence-corrected chi connectivity index (χ3v) is 9.24. The van der Waals surface area contributed by atoms with Crippen molar-refractivity contribution in [2.45, 2.75) is 91.5 Å². The Labute approximate surface area is 228 Å². The van der Waals surface area contributed by atoms with E-state index >= 15 is 0 Å². The van der Waals surface area contributed by atoms with Crippen LogP contribution in [-0.4, -0.2) is 58.2 Å². The minimum atomic E-state index is -0.901. The van der Waals surface area contributed by atoms with Gasteiger partial charge in [0, 0.05) is 50.1 Å². The molecular weight excluding hydrogens is 703 g/mol. The van der Waals surface area contributed by atoms with Crippen molar-refractivity contribution in [2.24, 2.45) is 17.8 Å². The zero-order valence-corrected chi connectivity index (χ0v) is 25.7. The van der Waals surface area contributed by atoms with Crippen molar-refractivity contribution in [2.75, 3.05) is 0 Å². The molecule has 0 aromatic heterocycles. The monoisotopic (exact) mass is 730 g/mol. The van der Waals surface area contributed by atoms with Gasteiger partial charge in [0.1, 0.15) is 0 Å². The molecule has 0 bridgehead atoms. The first-order valence-electron chi connectivity index (χ1n) is 10.7. The molecule has 0 heterocycles. The van der Waals surface area contributed by atoms with Crippen molar-refractivity contribution in [1.29, 1.82) is 0 Å². The van der Waals surface area contributed by atoms with Crippen LogP contribution in [0.2, 0.25) is 0 Å². The number of hydrogen-bond acceptors (Lipinski definition) is 6. The standard InChI is InChI=1S/3C7H11BrO2.In/c3*8-6-4-2-1-3-5(6)7(9)10;/h3*5-6H,1-4H2,(H,9,10);/q;;;+3/p-3. The van der Waals surface area contributed by atoms with Crippen molar-refractivity contribution in [1.82, 2.24) is 0 Å². The Morgan fingerprint density at radius 1 is 0.484 bits per heavy atom. The average molecular weight is 733 g/mol. The number of aliphatic carboxylic acids is 3. The van der Waals surface area contributed by atoms with Gasteiger partial charge in [0.15, 0.2) is 0 Å². The predicted molar refractivity (Wildman–Crippen MR) is 125 cm³/mol. The van der Waals surface area contributed by atoms with Gasteiger partial charge in [0.2, 0.25) is 0 Å². The summed E-state index contributed by atoms with van der Waals surface area (Å²) in [5, 5.41) is 31.3. The summed E-state index contributed by atoms with van der Waals surface area (Å²) in [5.74, 6) is -3.47. The molecule has 0 N–H and O–H groups in total. The van der Waals surface area contributed by atoms with Gasteiger partial charge >= 0.3 is 25.8 Å². The van der Waals surface area contributed by atoms with Gasteiger partial charge in [-0.2, -0.15) is 0 Å². The normalized spacial score (nSPS) is 32.6. The number of rotatable bonds is 3. The summed E-state index contributed by atoms with van der Waals surface area (Å²) >= 11 is 10.0. The molecule has 6 atom stereocenters. The molecule has 0 aliphatic heterocycles. The summed E-state index contributed by atoms with van der Waals surface area (Å²) in [5.41, 5.74) is 0. The Kier molecular flexibility index (Phi) is 17.6. The van der Waals surface area contributed by atoms with E-state index in [9.17, 15) is 29.7 Å². The second kappa shape index (κ2) is 17.2. The van der Waals surface area contributed by atoms with Crippen molar-refractivity contribution < 1.29 is 29.7 Å². The molecule has 0 aromatic carbocycles. The minimum absolute atomic E-state index is 0. The number of carboxylic acid groups (broad SMARTS) is 3. The van der Waals surface area contributed by atoms with Crippen LogP contribution in [0.15, 0.2) is 0 Å². The van der Waals surface area contributed by atoms with Crippen molar-refractivity contribution in [3.63, 3.8) is 0 Å². The second-order valence-electron chi connectivity index (χ2n) is 8.18. The number of halogens is 3. The Morgan fingerprint density at radius 3 is 0.806 bits per heavy atom. The Bertz CT molecular complexity index is 489. The van der Waals surface area contributed by atoms with Crippen LogP contribution >= 0.6 is 47.8 Å². The van der Waals surface area contributed by atoms with Crippen LogP contribution in [-0.2, 0) is 14.4 Å². The first-order chi connectivity index (χ1) is 14.1. The molecule has 31 heavy (non-hydrogen) atoms. The van der Waals surface area contributed by atoms with Crippen LogP contribution in [0.3, 0.4) is 0 Å². The summed E-state index contributed by atoms with van der Waals surface area (Å²) in [4.78, 5) is 31.7. The summed E-state index contributed by atoms with van der Waals surface area (Å²) in [6.45, 7) is 0. The van der Waals surface area contributed by atoms with Gasteiger partial charge in [-0.05, 0) is 38.5 Å². The molecule has 10 heteroatoms. The molecule has 3 aliphatic rings. The van der Waals surface area contributed by atoms with Crippen LogP contribution in [0, 0.1) is 17.8 Å². The van der Waals surface area contributed by atoms with E-state index in [1.165, 1.54) is 0 Å². The number of alkyl halides is 3. The molecule has 3 aliphatic carbocycles. The zero-order valence-electron chi connectivity index (χ0n) is 17.6. The second-order valence-corrected chi connectivity index (χ2v) is 11.7. The van der Waals surface area contributed by atoms with E-state index in [-0.39, 0.29) is 58.1 Å². The fraction of sp³-hybridized carbons (Fsp3) is 0.857. The van der Waals surface area contributed by atoms with Gasteiger partial charge in [-0.25, -0.2) is 0 Å². The Morgan fingerprint density at radius 2 is 0.677 bits per heavy atom. The SMILES string of the molecule is O=C([O-])C1CCCCC1Br.O=C([O-])C1CCCCC1Br.O=C([O-])C1CCCCC1Br.[In+3]. The molecular formula is C21H30Br3InO6. The molecule has 3 saturated carbocycles. The van der Waals surface area contributed by atoms with Crippen molar-refractivity contribution in [3.05, 3.63) is 0 Å². The maximum absolute atomic E-state index is 10.4. The third kappa shape index (κ3) is 12.1. The molecule has 6 nitrogen and oxygen atoms in total. The van der Waals surface area contributed by atoms with Gasteiger partial charge in [-0.15, -0.1) is 0 Å². The van der Waals surface area contributed by atoms with E-state index in [1.807, 2.05) is 0 Å². The molecule has 0 amide bonds. The summed E-state index contributed by atoms with van der Waals surface area (Å²) in [6.07, 6.45) is 11.7. The maximum Gasteiger partial charge on any atom is 3.00 e. The van der Waals surface area contributed by atoms with Crippen molar-refractivity contribution >= 4 is 91.5 Å². The fourth-order valence-electron chi connectivity index (χ4n) is 4.05. The molecule has 3 fully saturated rings. The molecule has 0 saturated heterocycles. The number of carbonyl (C=O) groups is 3. The Balaban J connectivity index is 0.000000429. The van der Waals surface area contributed by atoms with Crippen LogP contribution in [0.5, 0.6) is 0 Å². The molecule has 3 rings (SSSR count). The minimum Gasteiger partial charge on any atom is -0.550 e. The van der Waals surface area contributed by atoms with Gasteiger partial charge in [0.25, 0.3) is 0 Å². The van der Waals surface area contributed by atoms with E-state index in [1.54, 1.807) is 0 Å². The van der Waals surface area contributed by atoms with E-state index in [2.05, 4.69) is 47.8 Å². The van der Waals surface area contributed by atoms with Crippen LogP contribution in [0.1, 0.15) is 77.0 Å². The number of carboxylic acids is 3. The topological polar surface area (TPSA) is 120 Å². The van der Waals surface area contributed by atoms with Gasteiger partial charge in [-0.1, -0.05) is 86.3 Å². The quantitative estimate of drug-likeness (QED) is 0.408. The number of carbonyl (C=O) groups excluding carboxylic acids is 3. The van der Waals surface area contributed by atoms with E-state index in [0.717, 1.165) is 77.0 Å². The smallest absolute Gasteiger partial charge is 0.550 e. The first-order valence-corrected chi connectivity index (χ1v) is 13.4. The zero-order chi connectivity index (χ0) is 22.7. The maximum atomic E-state index is 10.4. The molecule has 0 radical (unpaired) electrons. The van der Waals surface area contributed by atoms with Gasteiger partial charge in [0.05, 0.1) is 0 Å². The Hall–Kier alpha value is 0.720. The number of hydrogen-bond donors (Lipinski definition) is 0. The summed E-state index contributed by atoms with van der Waals surface area (Å²) < 4.78 is 0. The summed E-state index contributed by atoms with van der Waals surface area (Å²) in [6, 6.07) is 0. The fourth-order valence-corrected chi connectivity index (χ4v) is 6.47. The first kappa shape index (κ1) is 31.7. The largest absolute Gasteiger partial charge is 3.00 e. The van der Waals surface area contributed by atoms with Gasteiger partial charge < -0.3 is 29.7 Å². The van der Waals surface area contributed by atoms with Crippen LogP contribution in [0.25, 0.3) is 0 Å². The molecule has 174 valence electrons. The van der Waals surface area contributed by atoms with Crippen molar-refractivity contribution in [3.8, 4) is 0 Å². The average Bonchev–Trinajstić information content (AvgIpc) is 2.69. The van der Waals surface area contributed by atoms with Gasteiger partial charge in [-0.3, -0.25) is 0 Å².